The minimum Gasteiger partial charge on any atom is -0.379 e. The molecule has 0 unspecified atom stereocenters. The third-order valence-corrected chi connectivity index (χ3v) is 3.79. The van der Waals surface area contributed by atoms with Gasteiger partial charge in [-0.1, -0.05) is 25.5 Å². The standard InChI is InChI=1S/C20H33FN4O3/c1-3-4-12-27-14-15-28-13-11-25-20(22-2)24-10-9-23-19(26)16-17-5-7-18(21)8-6-17/h5-8H,3-4,9-16H2,1-2H3,(H,23,26)(H2,22,24,25). The summed E-state index contributed by atoms with van der Waals surface area (Å²) in [6, 6.07) is 5.92. The molecule has 0 saturated carbocycles. The Bertz CT molecular complexity index is 567. The van der Waals surface area contributed by atoms with Crippen LogP contribution in [0.5, 0.6) is 0 Å². The quantitative estimate of drug-likeness (QED) is 0.252. The number of nitrogens with one attached hydrogen (secondary N) is 3. The number of hydrogen-bond acceptors (Lipinski definition) is 4. The lowest BCUT2D eigenvalue weighted by molar-refractivity contribution is -0.120. The second-order valence-electron chi connectivity index (χ2n) is 6.16. The molecule has 0 atom stereocenters. The van der Waals surface area contributed by atoms with Gasteiger partial charge in [-0.05, 0) is 24.1 Å². The fraction of sp³-hybridized carbons (Fsp3) is 0.600. The van der Waals surface area contributed by atoms with Gasteiger partial charge in [0, 0.05) is 33.3 Å². The van der Waals surface area contributed by atoms with E-state index in [0.29, 0.717) is 45.4 Å². The van der Waals surface area contributed by atoms with Crippen molar-refractivity contribution in [2.45, 2.75) is 26.2 Å². The predicted molar refractivity (Wildman–Crippen MR) is 109 cm³/mol. The van der Waals surface area contributed by atoms with Crippen LogP contribution in [0.15, 0.2) is 29.3 Å². The first kappa shape index (κ1) is 23.8. The zero-order valence-electron chi connectivity index (χ0n) is 16.9. The molecule has 0 saturated heterocycles. The first-order chi connectivity index (χ1) is 13.7. The number of aliphatic imine (C=N–C) groups is 1. The molecule has 7 nitrogen and oxygen atoms in total. The number of rotatable bonds is 14. The van der Waals surface area contributed by atoms with E-state index < -0.39 is 0 Å². The number of benzene rings is 1. The van der Waals surface area contributed by atoms with Gasteiger partial charge in [0.05, 0.1) is 26.2 Å². The van der Waals surface area contributed by atoms with Gasteiger partial charge in [0.2, 0.25) is 5.91 Å². The van der Waals surface area contributed by atoms with Gasteiger partial charge in [0.25, 0.3) is 0 Å². The zero-order chi connectivity index (χ0) is 20.5. The number of carbonyl (C=O) groups excluding carboxylic acids is 1. The summed E-state index contributed by atoms with van der Waals surface area (Å²) in [6.45, 7) is 6.32. The molecule has 0 aromatic heterocycles. The van der Waals surface area contributed by atoms with Crippen LogP contribution >= 0.6 is 0 Å². The minimum absolute atomic E-state index is 0.106. The molecule has 0 bridgehead atoms. The third kappa shape index (κ3) is 12.2. The van der Waals surface area contributed by atoms with Crippen LogP contribution in [0.25, 0.3) is 0 Å². The van der Waals surface area contributed by atoms with Crippen LogP contribution in [-0.4, -0.2) is 65.0 Å². The average molecular weight is 397 g/mol. The van der Waals surface area contributed by atoms with Gasteiger partial charge >= 0.3 is 0 Å². The molecule has 158 valence electrons. The van der Waals surface area contributed by atoms with E-state index in [9.17, 15) is 9.18 Å². The van der Waals surface area contributed by atoms with Crippen molar-refractivity contribution >= 4 is 11.9 Å². The van der Waals surface area contributed by atoms with E-state index in [1.165, 1.54) is 12.1 Å². The maximum Gasteiger partial charge on any atom is 0.224 e. The highest BCUT2D eigenvalue weighted by Gasteiger charge is 2.03. The summed E-state index contributed by atoms with van der Waals surface area (Å²) in [5.74, 6) is 0.236. The summed E-state index contributed by atoms with van der Waals surface area (Å²) in [6.07, 6.45) is 2.44. The second-order valence-corrected chi connectivity index (χ2v) is 6.16. The lowest BCUT2D eigenvalue weighted by atomic mass is 10.1. The van der Waals surface area contributed by atoms with Crippen LogP contribution in [0, 0.1) is 5.82 Å². The largest absolute Gasteiger partial charge is 0.379 e. The number of ether oxygens (including phenoxy) is 2. The van der Waals surface area contributed by atoms with E-state index in [2.05, 4.69) is 27.9 Å². The minimum atomic E-state index is -0.307. The highest BCUT2D eigenvalue weighted by Crippen LogP contribution is 2.03. The summed E-state index contributed by atoms with van der Waals surface area (Å²) in [7, 11) is 1.69. The van der Waals surface area contributed by atoms with Crippen molar-refractivity contribution in [3.63, 3.8) is 0 Å². The van der Waals surface area contributed by atoms with Gasteiger partial charge in [0.15, 0.2) is 5.96 Å². The molecule has 3 N–H and O–H groups in total. The maximum absolute atomic E-state index is 12.8. The monoisotopic (exact) mass is 396 g/mol. The van der Waals surface area contributed by atoms with Gasteiger partial charge < -0.3 is 25.4 Å². The molecular weight excluding hydrogens is 363 g/mol. The summed E-state index contributed by atoms with van der Waals surface area (Å²) < 4.78 is 23.7. The molecule has 0 aliphatic rings. The molecule has 0 aliphatic carbocycles. The smallest absolute Gasteiger partial charge is 0.224 e. The van der Waals surface area contributed by atoms with E-state index >= 15 is 0 Å². The van der Waals surface area contributed by atoms with Gasteiger partial charge in [-0.3, -0.25) is 9.79 Å². The SMILES string of the molecule is CCCCOCCOCCNC(=NC)NCCNC(=O)Cc1ccc(F)cc1. The number of nitrogens with zero attached hydrogens (tertiary/aromatic N) is 1. The van der Waals surface area contributed by atoms with Crippen LogP contribution in [0.4, 0.5) is 4.39 Å². The molecule has 1 aromatic rings. The lowest BCUT2D eigenvalue weighted by Crippen LogP contribution is -2.42. The first-order valence-electron chi connectivity index (χ1n) is 9.76. The van der Waals surface area contributed by atoms with Crippen LogP contribution in [0.1, 0.15) is 25.3 Å². The Morgan fingerprint density at radius 3 is 2.29 bits per heavy atom. The van der Waals surface area contributed by atoms with E-state index in [4.69, 9.17) is 9.47 Å². The Hall–Kier alpha value is -2.19. The van der Waals surface area contributed by atoms with Gasteiger partial charge in [-0.25, -0.2) is 4.39 Å². The molecular formula is C20H33FN4O3. The second kappa shape index (κ2) is 15.8. The Labute approximate surface area is 167 Å². The van der Waals surface area contributed by atoms with E-state index in [-0.39, 0.29) is 18.1 Å². The number of amides is 1. The Morgan fingerprint density at radius 1 is 0.964 bits per heavy atom. The molecule has 28 heavy (non-hydrogen) atoms. The Balaban J connectivity index is 2.02. The van der Waals surface area contributed by atoms with Crippen molar-refractivity contribution in [3.8, 4) is 0 Å². The predicted octanol–water partition coefficient (Wildman–Crippen LogP) is 1.48. The molecule has 0 fully saturated rings. The molecule has 1 rings (SSSR count). The van der Waals surface area contributed by atoms with Crippen molar-refractivity contribution in [3.05, 3.63) is 35.6 Å². The summed E-state index contributed by atoms with van der Waals surface area (Å²) in [4.78, 5) is 16.0. The maximum atomic E-state index is 12.8. The summed E-state index contributed by atoms with van der Waals surface area (Å²) >= 11 is 0. The van der Waals surface area contributed by atoms with Crippen molar-refractivity contribution in [1.29, 1.82) is 0 Å². The zero-order valence-corrected chi connectivity index (χ0v) is 16.9. The van der Waals surface area contributed by atoms with E-state index in [1.807, 2.05) is 0 Å². The number of hydrogen-bond donors (Lipinski definition) is 3. The van der Waals surface area contributed by atoms with Crippen LogP contribution < -0.4 is 16.0 Å². The van der Waals surface area contributed by atoms with Crippen LogP contribution in [0.2, 0.25) is 0 Å². The summed E-state index contributed by atoms with van der Waals surface area (Å²) in [5, 5.41) is 9.07. The van der Waals surface area contributed by atoms with E-state index in [1.54, 1.807) is 19.2 Å². The lowest BCUT2D eigenvalue weighted by Gasteiger charge is -2.12. The highest BCUT2D eigenvalue weighted by atomic mass is 19.1. The number of halogens is 1. The van der Waals surface area contributed by atoms with Crippen molar-refractivity contribution in [2.75, 3.05) is 53.1 Å². The topological polar surface area (TPSA) is 84.0 Å². The highest BCUT2D eigenvalue weighted by molar-refractivity contribution is 5.80. The number of carbonyl (C=O) groups is 1. The van der Waals surface area contributed by atoms with E-state index in [0.717, 1.165) is 25.0 Å². The normalized spacial score (nSPS) is 11.3. The van der Waals surface area contributed by atoms with Crippen molar-refractivity contribution in [1.82, 2.24) is 16.0 Å². The third-order valence-electron chi connectivity index (χ3n) is 3.79. The molecule has 1 aromatic carbocycles. The molecule has 1 amide bonds. The number of unbranched alkanes of at least 4 members (excludes halogenated alkanes) is 1. The summed E-state index contributed by atoms with van der Waals surface area (Å²) in [5.41, 5.74) is 0.778. The van der Waals surface area contributed by atoms with Crippen molar-refractivity contribution in [2.24, 2.45) is 4.99 Å². The molecule has 0 radical (unpaired) electrons. The Kier molecular flexibility index (Phi) is 13.5. The molecule has 0 aliphatic heterocycles. The van der Waals surface area contributed by atoms with Crippen molar-refractivity contribution < 1.29 is 18.7 Å². The first-order valence-corrected chi connectivity index (χ1v) is 9.76. The molecule has 0 heterocycles. The van der Waals surface area contributed by atoms with Gasteiger partial charge in [-0.2, -0.15) is 0 Å². The van der Waals surface area contributed by atoms with Crippen LogP contribution in [0.3, 0.4) is 0 Å². The number of guanidine groups is 1. The fourth-order valence-corrected chi connectivity index (χ4v) is 2.26. The molecule has 8 heteroatoms. The van der Waals surface area contributed by atoms with Gasteiger partial charge in [0.1, 0.15) is 5.82 Å². The van der Waals surface area contributed by atoms with Gasteiger partial charge in [-0.15, -0.1) is 0 Å². The molecule has 0 spiro atoms. The average Bonchev–Trinajstić information content (AvgIpc) is 2.70. The van der Waals surface area contributed by atoms with Crippen LogP contribution in [-0.2, 0) is 20.7 Å². The Morgan fingerprint density at radius 2 is 1.61 bits per heavy atom. The fourth-order valence-electron chi connectivity index (χ4n) is 2.26.